The Kier molecular flexibility index (Phi) is 5.54. The zero-order chi connectivity index (χ0) is 12.0. The summed E-state index contributed by atoms with van der Waals surface area (Å²) in [4.78, 5) is 0. The molecule has 0 heterocycles. The highest BCUT2D eigenvalue weighted by molar-refractivity contribution is 5.18. The van der Waals surface area contributed by atoms with Crippen molar-refractivity contribution in [3.05, 3.63) is 35.9 Å². The minimum Gasteiger partial charge on any atom is -0.307 e. The molecule has 0 aliphatic carbocycles. The Hall–Kier alpha value is -0.820. The SMILES string of the molecule is CCCC(NC(C)C(C)C)c1ccccc1. The van der Waals surface area contributed by atoms with E-state index < -0.39 is 0 Å². The minimum atomic E-state index is 0.503. The molecule has 0 spiro atoms. The largest absolute Gasteiger partial charge is 0.307 e. The number of hydrogen-bond donors (Lipinski definition) is 1. The third kappa shape index (κ3) is 3.97. The summed E-state index contributed by atoms with van der Waals surface area (Å²) in [6.07, 6.45) is 2.43. The Morgan fingerprint density at radius 2 is 1.69 bits per heavy atom. The fourth-order valence-electron chi connectivity index (χ4n) is 1.83. The zero-order valence-corrected chi connectivity index (χ0v) is 11.0. The average Bonchev–Trinajstić information content (AvgIpc) is 2.29. The quantitative estimate of drug-likeness (QED) is 0.757. The van der Waals surface area contributed by atoms with Crippen molar-refractivity contribution in [3.63, 3.8) is 0 Å². The van der Waals surface area contributed by atoms with E-state index in [2.05, 4.69) is 63.3 Å². The first-order valence-corrected chi connectivity index (χ1v) is 6.46. The summed E-state index contributed by atoms with van der Waals surface area (Å²) in [5.74, 6) is 0.683. The summed E-state index contributed by atoms with van der Waals surface area (Å²) in [6.45, 7) is 9.06. The van der Waals surface area contributed by atoms with Crippen LogP contribution in [-0.4, -0.2) is 6.04 Å². The second-order valence-electron chi connectivity index (χ2n) is 4.95. The van der Waals surface area contributed by atoms with Crippen molar-refractivity contribution < 1.29 is 0 Å². The van der Waals surface area contributed by atoms with E-state index in [9.17, 15) is 0 Å². The van der Waals surface area contributed by atoms with Crippen LogP contribution in [0.25, 0.3) is 0 Å². The maximum absolute atomic E-state index is 3.73. The van der Waals surface area contributed by atoms with Crippen LogP contribution >= 0.6 is 0 Å². The molecule has 0 saturated heterocycles. The van der Waals surface area contributed by atoms with Crippen LogP contribution in [0.5, 0.6) is 0 Å². The van der Waals surface area contributed by atoms with Crippen molar-refractivity contribution >= 4 is 0 Å². The first-order valence-electron chi connectivity index (χ1n) is 6.46. The van der Waals surface area contributed by atoms with Gasteiger partial charge >= 0.3 is 0 Å². The van der Waals surface area contributed by atoms with Gasteiger partial charge in [0.2, 0.25) is 0 Å². The van der Waals surface area contributed by atoms with Crippen molar-refractivity contribution in [2.75, 3.05) is 0 Å². The van der Waals surface area contributed by atoms with Crippen LogP contribution < -0.4 is 5.32 Å². The van der Waals surface area contributed by atoms with E-state index in [1.807, 2.05) is 0 Å². The van der Waals surface area contributed by atoms with Crippen LogP contribution in [0.1, 0.15) is 52.1 Å². The smallest absolute Gasteiger partial charge is 0.0322 e. The normalized spacial score (nSPS) is 15.1. The molecule has 1 aromatic rings. The lowest BCUT2D eigenvalue weighted by Gasteiger charge is -2.26. The van der Waals surface area contributed by atoms with Crippen molar-refractivity contribution in [2.45, 2.75) is 52.6 Å². The fraction of sp³-hybridized carbons (Fsp3) is 0.600. The molecule has 2 unspecified atom stereocenters. The molecule has 0 aromatic heterocycles. The Morgan fingerprint density at radius 1 is 1.06 bits per heavy atom. The maximum Gasteiger partial charge on any atom is 0.0322 e. The molecule has 0 fully saturated rings. The van der Waals surface area contributed by atoms with E-state index in [0.717, 1.165) is 0 Å². The molecule has 0 aliphatic heterocycles. The number of hydrogen-bond acceptors (Lipinski definition) is 1. The molecule has 1 nitrogen and oxygen atoms in total. The highest BCUT2D eigenvalue weighted by Gasteiger charge is 2.14. The molecule has 0 saturated carbocycles. The van der Waals surface area contributed by atoms with Crippen LogP contribution in [0.2, 0.25) is 0 Å². The molecule has 2 atom stereocenters. The second-order valence-corrected chi connectivity index (χ2v) is 4.95. The van der Waals surface area contributed by atoms with Gasteiger partial charge in [0.05, 0.1) is 0 Å². The Morgan fingerprint density at radius 3 is 2.19 bits per heavy atom. The molecule has 1 N–H and O–H groups in total. The van der Waals surface area contributed by atoms with Gasteiger partial charge < -0.3 is 5.32 Å². The van der Waals surface area contributed by atoms with E-state index in [1.54, 1.807) is 0 Å². The zero-order valence-electron chi connectivity index (χ0n) is 11.0. The molecule has 16 heavy (non-hydrogen) atoms. The number of benzene rings is 1. The summed E-state index contributed by atoms with van der Waals surface area (Å²) in [7, 11) is 0. The van der Waals surface area contributed by atoms with Gasteiger partial charge in [-0.15, -0.1) is 0 Å². The molecule has 0 bridgehead atoms. The molecule has 1 aromatic carbocycles. The van der Waals surface area contributed by atoms with Crippen molar-refractivity contribution in [1.82, 2.24) is 5.32 Å². The lowest BCUT2D eigenvalue weighted by atomic mass is 9.99. The summed E-state index contributed by atoms with van der Waals surface area (Å²) in [5, 5.41) is 3.73. The lowest BCUT2D eigenvalue weighted by Crippen LogP contribution is -2.34. The van der Waals surface area contributed by atoms with E-state index in [1.165, 1.54) is 18.4 Å². The van der Waals surface area contributed by atoms with E-state index in [-0.39, 0.29) is 0 Å². The van der Waals surface area contributed by atoms with E-state index in [0.29, 0.717) is 18.0 Å². The minimum absolute atomic E-state index is 0.503. The number of rotatable bonds is 6. The molecular formula is C15H25N. The second kappa shape index (κ2) is 6.70. The predicted octanol–water partition coefficient (Wildman–Crippen LogP) is 4.16. The molecule has 1 rings (SSSR count). The van der Waals surface area contributed by atoms with Gasteiger partial charge in [-0.05, 0) is 24.8 Å². The molecule has 1 heteroatoms. The van der Waals surface area contributed by atoms with Crippen LogP contribution in [0.3, 0.4) is 0 Å². The van der Waals surface area contributed by atoms with Crippen molar-refractivity contribution in [3.8, 4) is 0 Å². The van der Waals surface area contributed by atoms with Gasteiger partial charge in [0.15, 0.2) is 0 Å². The third-order valence-corrected chi connectivity index (χ3v) is 3.24. The Bertz CT molecular complexity index is 279. The molecular weight excluding hydrogens is 194 g/mol. The van der Waals surface area contributed by atoms with Crippen LogP contribution in [0.15, 0.2) is 30.3 Å². The summed E-state index contributed by atoms with van der Waals surface area (Å²) in [6, 6.07) is 11.8. The average molecular weight is 219 g/mol. The first-order chi connectivity index (χ1) is 7.65. The molecule has 0 radical (unpaired) electrons. The monoisotopic (exact) mass is 219 g/mol. The van der Waals surface area contributed by atoms with Gasteiger partial charge in [0, 0.05) is 12.1 Å². The third-order valence-electron chi connectivity index (χ3n) is 3.24. The highest BCUT2D eigenvalue weighted by atomic mass is 14.9. The topological polar surface area (TPSA) is 12.0 Å². The summed E-state index contributed by atoms with van der Waals surface area (Å²) >= 11 is 0. The summed E-state index contributed by atoms with van der Waals surface area (Å²) < 4.78 is 0. The molecule has 0 amide bonds. The number of nitrogens with one attached hydrogen (secondary N) is 1. The van der Waals surface area contributed by atoms with Crippen LogP contribution in [0, 0.1) is 5.92 Å². The fourth-order valence-corrected chi connectivity index (χ4v) is 1.83. The van der Waals surface area contributed by atoms with Crippen LogP contribution in [-0.2, 0) is 0 Å². The highest BCUT2D eigenvalue weighted by Crippen LogP contribution is 2.20. The predicted molar refractivity (Wildman–Crippen MR) is 71.5 cm³/mol. The van der Waals surface area contributed by atoms with Crippen LogP contribution in [0.4, 0.5) is 0 Å². The molecule has 0 aliphatic rings. The van der Waals surface area contributed by atoms with E-state index >= 15 is 0 Å². The Labute approximate surface area is 100 Å². The maximum atomic E-state index is 3.73. The van der Waals surface area contributed by atoms with Gasteiger partial charge in [-0.2, -0.15) is 0 Å². The van der Waals surface area contributed by atoms with Gasteiger partial charge in [0.1, 0.15) is 0 Å². The van der Waals surface area contributed by atoms with Crippen molar-refractivity contribution in [2.24, 2.45) is 5.92 Å². The summed E-state index contributed by atoms with van der Waals surface area (Å²) in [5.41, 5.74) is 1.41. The van der Waals surface area contributed by atoms with Gasteiger partial charge in [0.25, 0.3) is 0 Å². The Balaban J connectivity index is 2.68. The first kappa shape index (κ1) is 13.2. The van der Waals surface area contributed by atoms with Crippen molar-refractivity contribution in [1.29, 1.82) is 0 Å². The van der Waals surface area contributed by atoms with E-state index in [4.69, 9.17) is 0 Å². The van der Waals surface area contributed by atoms with Gasteiger partial charge in [-0.1, -0.05) is 57.5 Å². The van der Waals surface area contributed by atoms with Gasteiger partial charge in [-0.3, -0.25) is 0 Å². The molecule has 90 valence electrons. The standard InChI is InChI=1S/C15H25N/c1-5-9-15(16-13(4)12(2)3)14-10-7-6-8-11-14/h6-8,10-13,15-16H,5,9H2,1-4H3. The lowest BCUT2D eigenvalue weighted by molar-refractivity contribution is 0.362. The van der Waals surface area contributed by atoms with Gasteiger partial charge in [-0.25, -0.2) is 0 Å².